The molecule has 1 amide bonds. The normalized spacial score (nSPS) is 10.1. The van der Waals surface area contributed by atoms with Crippen LogP contribution in [0.4, 0.5) is 11.6 Å². The van der Waals surface area contributed by atoms with E-state index in [0.29, 0.717) is 36.2 Å². The number of anilines is 2. The van der Waals surface area contributed by atoms with Crippen LogP contribution in [0.25, 0.3) is 0 Å². The number of para-hydroxylation sites is 2. The molecule has 2 rings (SSSR count). The number of carbonyl (C=O) groups is 1. The largest absolute Gasteiger partial charge is 0.493 e. The highest BCUT2D eigenvalue weighted by Crippen LogP contribution is 2.25. The van der Waals surface area contributed by atoms with E-state index in [9.17, 15) is 4.79 Å². The average molecular weight is 359 g/mol. The highest BCUT2D eigenvalue weighted by molar-refractivity contribution is 5.77. The molecule has 8 heteroatoms. The molecule has 2 aromatic rings. The van der Waals surface area contributed by atoms with Crippen molar-refractivity contribution < 1.29 is 14.3 Å². The first kappa shape index (κ1) is 19.3. The molecule has 0 saturated heterocycles. The predicted octanol–water partition coefficient (Wildman–Crippen LogP) is 1.83. The van der Waals surface area contributed by atoms with Gasteiger partial charge >= 0.3 is 0 Å². The summed E-state index contributed by atoms with van der Waals surface area (Å²) in [6, 6.07) is 9.04. The third kappa shape index (κ3) is 6.12. The molecule has 0 unspecified atom stereocenters. The van der Waals surface area contributed by atoms with Gasteiger partial charge < -0.3 is 25.4 Å². The van der Waals surface area contributed by atoms with Crippen molar-refractivity contribution in [2.24, 2.45) is 0 Å². The molecule has 26 heavy (non-hydrogen) atoms. The minimum atomic E-state index is -0.204. The van der Waals surface area contributed by atoms with Gasteiger partial charge in [0.25, 0.3) is 5.91 Å². The predicted molar refractivity (Wildman–Crippen MR) is 101 cm³/mol. The summed E-state index contributed by atoms with van der Waals surface area (Å²) in [4.78, 5) is 20.5. The van der Waals surface area contributed by atoms with Crippen LogP contribution in [0, 0.1) is 6.92 Å². The number of methoxy groups -OCH3 is 1. The van der Waals surface area contributed by atoms with Gasteiger partial charge in [-0.25, -0.2) is 9.97 Å². The molecule has 0 aliphatic rings. The first-order chi connectivity index (χ1) is 12.6. The first-order valence-electron chi connectivity index (χ1n) is 8.48. The number of aryl methyl sites for hydroxylation is 1. The van der Waals surface area contributed by atoms with Crippen molar-refractivity contribution in [1.82, 2.24) is 15.3 Å². The Hall–Kier alpha value is -3.03. The molecule has 0 saturated carbocycles. The van der Waals surface area contributed by atoms with E-state index in [1.54, 1.807) is 19.2 Å². The second-order valence-corrected chi connectivity index (χ2v) is 5.43. The summed E-state index contributed by atoms with van der Waals surface area (Å²) in [5.74, 6) is 3.10. The lowest BCUT2D eigenvalue weighted by molar-refractivity contribution is -0.123. The van der Waals surface area contributed by atoms with Gasteiger partial charge in [-0.1, -0.05) is 12.1 Å². The highest BCUT2D eigenvalue weighted by Gasteiger charge is 2.06. The van der Waals surface area contributed by atoms with Crippen LogP contribution < -0.4 is 25.4 Å². The second kappa shape index (κ2) is 10.1. The standard InChI is InChI=1S/C18H25N5O3/c1-4-19-16-11-17(23-13(2)22-16)20-9-10-21-18(24)12-26-15-8-6-5-7-14(15)25-3/h5-8,11H,4,9-10,12H2,1-3H3,(H,21,24)(H2,19,20,22,23). The van der Waals surface area contributed by atoms with E-state index >= 15 is 0 Å². The Morgan fingerprint density at radius 2 is 1.77 bits per heavy atom. The van der Waals surface area contributed by atoms with E-state index in [4.69, 9.17) is 9.47 Å². The van der Waals surface area contributed by atoms with E-state index in [1.807, 2.05) is 32.0 Å². The van der Waals surface area contributed by atoms with Gasteiger partial charge in [0.2, 0.25) is 0 Å². The van der Waals surface area contributed by atoms with Crippen LogP contribution in [-0.4, -0.2) is 49.2 Å². The lowest BCUT2D eigenvalue weighted by Crippen LogP contribution is -2.32. The molecule has 0 radical (unpaired) electrons. The van der Waals surface area contributed by atoms with Crippen molar-refractivity contribution in [3.05, 3.63) is 36.2 Å². The number of nitrogens with one attached hydrogen (secondary N) is 3. The van der Waals surface area contributed by atoms with E-state index in [1.165, 1.54) is 0 Å². The Bertz CT molecular complexity index is 724. The van der Waals surface area contributed by atoms with Gasteiger partial charge in [0.05, 0.1) is 7.11 Å². The Morgan fingerprint density at radius 1 is 1.08 bits per heavy atom. The number of rotatable bonds is 10. The maximum atomic E-state index is 11.9. The molecule has 0 aliphatic heterocycles. The first-order valence-corrected chi connectivity index (χ1v) is 8.48. The van der Waals surface area contributed by atoms with Crippen molar-refractivity contribution in [2.45, 2.75) is 13.8 Å². The zero-order chi connectivity index (χ0) is 18.8. The molecule has 8 nitrogen and oxygen atoms in total. The zero-order valence-corrected chi connectivity index (χ0v) is 15.3. The minimum Gasteiger partial charge on any atom is -0.493 e. The van der Waals surface area contributed by atoms with Gasteiger partial charge in [0.15, 0.2) is 18.1 Å². The average Bonchev–Trinajstić information content (AvgIpc) is 2.63. The number of amides is 1. The van der Waals surface area contributed by atoms with Crippen LogP contribution in [0.5, 0.6) is 11.5 Å². The van der Waals surface area contributed by atoms with E-state index in [-0.39, 0.29) is 12.5 Å². The zero-order valence-electron chi connectivity index (χ0n) is 15.3. The lowest BCUT2D eigenvalue weighted by atomic mass is 10.3. The number of ether oxygens (including phenoxy) is 2. The third-order valence-corrected chi connectivity index (χ3v) is 3.38. The summed E-state index contributed by atoms with van der Waals surface area (Å²) in [7, 11) is 1.56. The van der Waals surface area contributed by atoms with Gasteiger partial charge in [-0.2, -0.15) is 0 Å². The van der Waals surface area contributed by atoms with Crippen molar-refractivity contribution in [3.8, 4) is 11.5 Å². The molecule has 1 aromatic carbocycles. The summed E-state index contributed by atoms with van der Waals surface area (Å²) in [6.45, 7) is 5.56. The van der Waals surface area contributed by atoms with Gasteiger partial charge in [0.1, 0.15) is 17.5 Å². The van der Waals surface area contributed by atoms with E-state index in [0.717, 1.165) is 12.4 Å². The molecule has 1 aromatic heterocycles. The van der Waals surface area contributed by atoms with Gasteiger partial charge in [-0.3, -0.25) is 4.79 Å². The van der Waals surface area contributed by atoms with Crippen LogP contribution >= 0.6 is 0 Å². The molecule has 1 heterocycles. The molecule has 3 N–H and O–H groups in total. The molecule has 140 valence electrons. The molecule has 0 spiro atoms. The van der Waals surface area contributed by atoms with Crippen molar-refractivity contribution in [1.29, 1.82) is 0 Å². The number of hydrogen-bond donors (Lipinski definition) is 3. The summed E-state index contributed by atoms with van der Waals surface area (Å²) in [5, 5.41) is 9.11. The van der Waals surface area contributed by atoms with E-state index in [2.05, 4.69) is 25.9 Å². The van der Waals surface area contributed by atoms with Gasteiger partial charge in [-0.05, 0) is 26.0 Å². The Kier molecular flexibility index (Phi) is 7.48. The fourth-order valence-corrected chi connectivity index (χ4v) is 2.25. The summed E-state index contributed by atoms with van der Waals surface area (Å²) in [6.07, 6.45) is 0. The maximum absolute atomic E-state index is 11.9. The summed E-state index contributed by atoms with van der Waals surface area (Å²) in [5.41, 5.74) is 0. The summed E-state index contributed by atoms with van der Waals surface area (Å²) >= 11 is 0. The van der Waals surface area contributed by atoms with Gasteiger partial charge in [-0.15, -0.1) is 0 Å². The molecular weight excluding hydrogens is 334 g/mol. The molecule has 0 atom stereocenters. The highest BCUT2D eigenvalue weighted by atomic mass is 16.5. The number of carbonyl (C=O) groups excluding carboxylic acids is 1. The van der Waals surface area contributed by atoms with Crippen LogP contribution in [0.1, 0.15) is 12.7 Å². The van der Waals surface area contributed by atoms with Crippen molar-refractivity contribution >= 4 is 17.5 Å². The fraction of sp³-hybridized carbons (Fsp3) is 0.389. The number of hydrogen-bond acceptors (Lipinski definition) is 7. The molecule has 0 fully saturated rings. The van der Waals surface area contributed by atoms with Crippen LogP contribution in [0.15, 0.2) is 30.3 Å². The number of nitrogens with zero attached hydrogens (tertiary/aromatic N) is 2. The Labute approximate surface area is 153 Å². The topological polar surface area (TPSA) is 97.4 Å². The summed E-state index contributed by atoms with van der Waals surface area (Å²) < 4.78 is 10.7. The maximum Gasteiger partial charge on any atom is 0.258 e. The number of benzene rings is 1. The monoisotopic (exact) mass is 359 g/mol. The molecule has 0 aliphatic carbocycles. The van der Waals surface area contributed by atoms with Crippen LogP contribution in [0.3, 0.4) is 0 Å². The smallest absolute Gasteiger partial charge is 0.258 e. The SMILES string of the molecule is CCNc1cc(NCCNC(=O)COc2ccccc2OC)nc(C)n1. The van der Waals surface area contributed by atoms with Crippen molar-refractivity contribution in [3.63, 3.8) is 0 Å². The van der Waals surface area contributed by atoms with E-state index < -0.39 is 0 Å². The quantitative estimate of drug-likeness (QED) is 0.557. The molecular formula is C18H25N5O3. The molecule has 0 bridgehead atoms. The third-order valence-electron chi connectivity index (χ3n) is 3.38. The fourth-order valence-electron chi connectivity index (χ4n) is 2.25. The van der Waals surface area contributed by atoms with Crippen LogP contribution in [-0.2, 0) is 4.79 Å². The van der Waals surface area contributed by atoms with Crippen LogP contribution in [0.2, 0.25) is 0 Å². The second-order valence-electron chi connectivity index (χ2n) is 5.43. The number of aromatic nitrogens is 2. The lowest BCUT2D eigenvalue weighted by Gasteiger charge is -2.11. The van der Waals surface area contributed by atoms with Gasteiger partial charge in [0, 0.05) is 25.7 Å². The Balaban J connectivity index is 1.72. The van der Waals surface area contributed by atoms with Crippen molar-refractivity contribution in [2.75, 3.05) is 44.0 Å². The Morgan fingerprint density at radius 3 is 2.46 bits per heavy atom. The minimum absolute atomic E-state index is 0.0719.